The summed E-state index contributed by atoms with van der Waals surface area (Å²) in [6.45, 7) is 4.24. The Balaban J connectivity index is 2.92. The lowest BCUT2D eigenvalue weighted by Gasteiger charge is -2.22. The van der Waals surface area contributed by atoms with Crippen molar-refractivity contribution in [3.8, 4) is 0 Å². The molecule has 0 amide bonds. The third-order valence-electron chi connectivity index (χ3n) is 2.32. The van der Waals surface area contributed by atoms with Gasteiger partial charge in [0.15, 0.2) is 0 Å². The first-order valence-corrected chi connectivity index (χ1v) is 5.04. The van der Waals surface area contributed by atoms with Crippen LogP contribution in [0.1, 0.15) is 31.4 Å². The first-order valence-electron chi connectivity index (χ1n) is 5.04. The Labute approximate surface area is 85.8 Å². The molecule has 0 aliphatic rings. The summed E-state index contributed by atoms with van der Waals surface area (Å²) in [4.78, 5) is 0. The van der Waals surface area contributed by atoms with Crippen LogP contribution in [-0.2, 0) is 12.0 Å². The van der Waals surface area contributed by atoms with E-state index in [2.05, 4.69) is 12.1 Å². The largest absolute Gasteiger partial charge is 0.396 e. The zero-order valence-electron chi connectivity index (χ0n) is 8.96. The van der Waals surface area contributed by atoms with E-state index < -0.39 is 0 Å². The van der Waals surface area contributed by atoms with Gasteiger partial charge in [0, 0.05) is 12.1 Å². The van der Waals surface area contributed by atoms with Gasteiger partial charge in [-0.15, -0.1) is 0 Å². The standard InChI is InChI=1S/C12H19NO/c1-12(2,13)11-8-4-3-6-10(11)7-5-9-14/h3-4,6,8,14H,5,7,9,13H2,1-2H3. The Bertz CT molecular complexity index is 289. The van der Waals surface area contributed by atoms with Crippen molar-refractivity contribution in [2.45, 2.75) is 32.2 Å². The van der Waals surface area contributed by atoms with Gasteiger partial charge < -0.3 is 10.8 Å². The summed E-state index contributed by atoms with van der Waals surface area (Å²) in [7, 11) is 0. The molecule has 0 fully saturated rings. The van der Waals surface area contributed by atoms with Gasteiger partial charge in [-0.05, 0) is 37.8 Å². The molecule has 0 bridgehead atoms. The van der Waals surface area contributed by atoms with E-state index >= 15 is 0 Å². The summed E-state index contributed by atoms with van der Waals surface area (Å²) in [5.41, 5.74) is 8.19. The molecule has 3 N–H and O–H groups in total. The Hall–Kier alpha value is -0.860. The smallest absolute Gasteiger partial charge is 0.0434 e. The normalized spacial score (nSPS) is 11.7. The summed E-state index contributed by atoms with van der Waals surface area (Å²) in [5, 5.41) is 8.79. The maximum atomic E-state index is 8.79. The third-order valence-corrected chi connectivity index (χ3v) is 2.32. The molecule has 0 spiro atoms. The van der Waals surface area contributed by atoms with Crippen LogP contribution in [0.2, 0.25) is 0 Å². The summed E-state index contributed by atoms with van der Waals surface area (Å²) in [5.74, 6) is 0. The number of hydrogen-bond acceptors (Lipinski definition) is 2. The topological polar surface area (TPSA) is 46.2 Å². The molecule has 1 aromatic carbocycles. The summed E-state index contributed by atoms with van der Waals surface area (Å²) in [6, 6.07) is 8.17. The van der Waals surface area contributed by atoms with Gasteiger partial charge in [-0.1, -0.05) is 24.3 Å². The van der Waals surface area contributed by atoms with E-state index in [0.29, 0.717) is 0 Å². The fourth-order valence-corrected chi connectivity index (χ4v) is 1.64. The van der Waals surface area contributed by atoms with Crippen LogP contribution in [0.3, 0.4) is 0 Å². The van der Waals surface area contributed by atoms with Gasteiger partial charge in [-0.3, -0.25) is 0 Å². The summed E-state index contributed by atoms with van der Waals surface area (Å²) in [6.07, 6.45) is 1.69. The van der Waals surface area contributed by atoms with E-state index in [9.17, 15) is 0 Å². The molecule has 14 heavy (non-hydrogen) atoms. The van der Waals surface area contributed by atoms with E-state index in [4.69, 9.17) is 10.8 Å². The number of rotatable bonds is 4. The lowest BCUT2D eigenvalue weighted by atomic mass is 9.89. The molecule has 0 aliphatic heterocycles. The second-order valence-corrected chi connectivity index (χ2v) is 4.21. The van der Waals surface area contributed by atoms with Crippen molar-refractivity contribution in [2.24, 2.45) is 5.73 Å². The predicted molar refractivity (Wildman–Crippen MR) is 59.1 cm³/mol. The molecule has 0 aliphatic carbocycles. The van der Waals surface area contributed by atoms with E-state index in [-0.39, 0.29) is 12.1 Å². The van der Waals surface area contributed by atoms with Gasteiger partial charge in [0.1, 0.15) is 0 Å². The van der Waals surface area contributed by atoms with Crippen LogP contribution in [0, 0.1) is 0 Å². The van der Waals surface area contributed by atoms with Crippen molar-refractivity contribution in [1.82, 2.24) is 0 Å². The average Bonchev–Trinajstić information content (AvgIpc) is 2.14. The number of nitrogens with two attached hydrogens (primary N) is 1. The zero-order chi connectivity index (χ0) is 10.6. The van der Waals surface area contributed by atoms with Crippen LogP contribution in [0.5, 0.6) is 0 Å². The molecule has 1 rings (SSSR count). The Morgan fingerprint density at radius 2 is 1.93 bits per heavy atom. The quantitative estimate of drug-likeness (QED) is 0.766. The summed E-state index contributed by atoms with van der Waals surface area (Å²) < 4.78 is 0. The molecular formula is C12H19NO. The zero-order valence-corrected chi connectivity index (χ0v) is 8.96. The highest BCUT2D eigenvalue weighted by molar-refractivity contribution is 5.32. The first kappa shape index (κ1) is 11.2. The minimum Gasteiger partial charge on any atom is -0.396 e. The number of aryl methyl sites for hydroxylation is 1. The molecule has 1 aromatic rings. The van der Waals surface area contributed by atoms with Gasteiger partial charge in [-0.2, -0.15) is 0 Å². The molecule has 0 saturated carbocycles. The molecule has 2 heteroatoms. The Morgan fingerprint density at radius 3 is 2.50 bits per heavy atom. The van der Waals surface area contributed by atoms with Crippen molar-refractivity contribution < 1.29 is 5.11 Å². The lowest BCUT2D eigenvalue weighted by molar-refractivity contribution is 0.288. The molecule has 0 unspecified atom stereocenters. The van der Waals surface area contributed by atoms with Crippen LogP contribution in [0.4, 0.5) is 0 Å². The highest BCUT2D eigenvalue weighted by atomic mass is 16.2. The molecule has 78 valence electrons. The lowest BCUT2D eigenvalue weighted by Crippen LogP contribution is -2.30. The molecule has 0 saturated heterocycles. The minimum atomic E-state index is -0.300. The highest BCUT2D eigenvalue weighted by Crippen LogP contribution is 2.22. The molecule has 0 heterocycles. The van der Waals surface area contributed by atoms with E-state index in [1.54, 1.807) is 0 Å². The monoisotopic (exact) mass is 193 g/mol. The minimum absolute atomic E-state index is 0.235. The predicted octanol–water partition coefficient (Wildman–Crippen LogP) is 1.81. The van der Waals surface area contributed by atoms with Gasteiger partial charge >= 0.3 is 0 Å². The van der Waals surface area contributed by atoms with Gasteiger partial charge in [0.05, 0.1) is 0 Å². The van der Waals surface area contributed by atoms with Crippen LogP contribution in [0.15, 0.2) is 24.3 Å². The van der Waals surface area contributed by atoms with Crippen LogP contribution >= 0.6 is 0 Å². The van der Waals surface area contributed by atoms with Crippen molar-refractivity contribution in [3.05, 3.63) is 35.4 Å². The molecule has 0 radical (unpaired) electrons. The van der Waals surface area contributed by atoms with E-state index in [1.807, 2.05) is 26.0 Å². The second kappa shape index (κ2) is 4.58. The van der Waals surface area contributed by atoms with Crippen molar-refractivity contribution in [2.75, 3.05) is 6.61 Å². The molecular weight excluding hydrogens is 174 g/mol. The molecule has 0 aromatic heterocycles. The van der Waals surface area contributed by atoms with E-state index in [1.165, 1.54) is 11.1 Å². The molecule has 0 atom stereocenters. The maximum Gasteiger partial charge on any atom is 0.0434 e. The van der Waals surface area contributed by atoms with Crippen LogP contribution in [-0.4, -0.2) is 11.7 Å². The maximum absolute atomic E-state index is 8.79. The van der Waals surface area contributed by atoms with Crippen molar-refractivity contribution in [3.63, 3.8) is 0 Å². The molecule has 2 nitrogen and oxygen atoms in total. The average molecular weight is 193 g/mol. The van der Waals surface area contributed by atoms with Gasteiger partial charge in [0.25, 0.3) is 0 Å². The van der Waals surface area contributed by atoms with Crippen LogP contribution in [0.25, 0.3) is 0 Å². The number of hydrogen-bond donors (Lipinski definition) is 2. The Kier molecular flexibility index (Phi) is 3.67. The van der Waals surface area contributed by atoms with Crippen molar-refractivity contribution >= 4 is 0 Å². The SMILES string of the molecule is CC(C)(N)c1ccccc1CCCO. The third kappa shape index (κ3) is 2.82. The Morgan fingerprint density at radius 1 is 1.29 bits per heavy atom. The van der Waals surface area contributed by atoms with Crippen molar-refractivity contribution in [1.29, 1.82) is 0 Å². The first-order chi connectivity index (χ1) is 6.55. The number of aliphatic hydroxyl groups is 1. The van der Waals surface area contributed by atoms with Crippen LogP contribution < -0.4 is 5.73 Å². The van der Waals surface area contributed by atoms with Gasteiger partial charge in [0.2, 0.25) is 0 Å². The van der Waals surface area contributed by atoms with E-state index in [0.717, 1.165) is 12.8 Å². The number of benzene rings is 1. The fraction of sp³-hybridized carbons (Fsp3) is 0.500. The highest BCUT2D eigenvalue weighted by Gasteiger charge is 2.16. The second-order valence-electron chi connectivity index (χ2n) is 4.21. The number of aliphatic hydroxyl groups excluding tert-OH is 1. The fourth-order valence-electron chi connectivity index (χ4n) is 1.64. The summed E-state index contributed by atoms with van der Waals surface area (Å²) >= 11 is 0. The van der Waals surface area contributed by atoms with Gasteiger partial charge in [-0.25, -0.2) is 0 Å².